The van der Waals surface area contributed by atoms with Gasteiger partial charge in [0, 0.05) is 121 Å². The number of hydrogen-bond acceptors (Lipinski definition) is 22. The van der Waals surface area contributed by atoms with E-state index in [1.807, 2.05) is 6.07 Å². The van der Waals surface area contributed by atoms with Gasteiger partial charge in [-0.1, -0.05) is 29.3 Å². The molecule has 2 aromatic heterocycles. The molecule has 4 saturated heterocycles. The van der Waals surface area contributed by atoms with Crippen molar-refractivity contribution in [3.63, 3.8) is 0 Å². The minimum atomic E-state index is -4.70. The van der Waals surface area contributed by atoms with E-state index in [2.05, 4.69) is 83.1 Å². The molecule has 24 heteroatoms. The molecule has 0 atom stereocenters. The van der Waals surface area contributed by atoms with Gasteiger partial charge in [0.15, 0.2) is 0 Å². The molecule has 2 aromatic carbocycles. The third kappa shape index (κ3) is 11.6. The summed E-state index contributed by atoms with van der Waals surface area (Å²) in [4.78, 5) is 46.7. The number of rotatable bonds is 14. The Morgan fingerprint density at radius 3 is 1.28 bits per heavy atom. The maximum absolute atomic E-state index is 12.9. The zero-order chi connectivity index (χ0) is 44.8. The molecule has 4 N–H and O–H groups in total. The van der Waals surface area contributed by atoms with Gasteiger partial charge in [0.25, 0.3) is 10.1 Å². The van der Waals surface area contributed by atoms with Crippen LogP contribution >= 0.6 is 12.0 Å². The van der Waals surface area contributed by atoms with Gasteiger partial charge < -0.3 is 49.8 Å². The minimum Gasteiger partial charge on any atom is -0.338 e. The second-order valence-corrected chi connectivity index (χ2v) is 18.6. The lowest BCUT2D eigenvalue weighted by atomic mass is 10.1. The Bertz CT molecular complexity index is 2290. The first kappa shape index (κ1) is 45.5. The lowest BCUT2D eigenvalue weighted by Gasteiger charge is -2.34. The van der Waals surface area contributed by atoms with Crippen LogP contribution in [-0.2, 0) is 19.5 Å². The Labute approximate surface area is 377 Å². The largest absolute Gasteiger partial charge is 0.338 e. The first-order valence-electron chi connectivity index (χ1n) is 21.3. The predicted octanol–water partition coefficient (Wildman–Crippen LogP) is 2.40. The molecule has 4 aliphatic heterocycles. The van der Waals surface area contributed by atoms with Gasteiger partial charge in [-0.15, -0.1) is 4.33 Å². The minimum absolute atomic E-state index is 0.218. The molecular formula is C40H56N16O6S2. The summed E-state index contributed by atoms with van der Waals surface area (Å²) in [6.45, 7) is 13.2. The summed E-state index contributed by atoms with van der Waals surface area (Å²) >= 11 is 0.745. The van der Waals surface area contributed by atoms with Gasteiger partial charge in [0.2, 0.25) is 35.7 Å². The number of nitrogens with zero attached hydrogens (tertiary/aromatic N) is 14. The highest BCUT2D eigenvalue weighted by atomic mass is 32.2. The Morgan fingerprint density at radius 2 is 0.906 bits per heavy atom. The van der Waals surface area contributed by atoms with E-state index in [0.29, 0.717) is 51.6 Å². The fourth-order valence-corrected chi connectivity index (χ4v) is 8.92. The normalized spacial score (nSPS) is 18.9. The molecule has 0 saturated carbocycles. The molecule has 0 unspecified atom stereocenters. The maximum Gasteiger partial charge on any atom is 0.295 e. The van der Waals surface area contributed by atoms with Crippen molar-refractivity contribution >= 4 is 81.4 Å². The van der Waals surface area contributed by atoms with Crippen LogP contribution in [0.2, 0.25) is 0 Å². The van der Waals surface area contributed by atoms with E-state index >= 15 is 0 Å². The van der Waals surface area contributed by atoms with Crippen LogP contribution in [0.5, 0.6) is 0 Å². The van der Waals surface area contributed by atoms with Gasteiger partial charge >= 0.3 is 0 Å². The summed E-state index contributed by atoms with van der Waals surface area (Å²) in [6.07, 6.45) is 3.23. The Balaban J connectivity index is 1.04. The molecule has 8 rings (SSSR count). The van der Waals surface area contributed by atoms with E-state index in [1.165, 1.54) is 6.07 Å². The third-order valence-electron chi connectivity index (χ3n) is 11.8. The van der Waals surface area contributed by atoms with Gasteiger partial charge in [0.05, 0.1) is 12.0 Å². The number of nitrogens with one attached hydrogen (secondary N) is 2. The monoisotopic (exact) mass is 920 g/mol. The Kier molecular flexibility index (Phi) is 14.5. The summed E-state index contributed by atoms with van der Waals surface area (Å²) in [7, 11) is 3.66. The quantitative estimate of drug-likeness (QED) is 0.0469. The Hall–Kier alpha value is -5.02. The number of benzene rings is 2. The van der Waals surface area contributed by atoms with Crippen molar-refractivity contribution in [1.29, 1.82) is 0 Å². The molecule has 0 bridgehead atoms. The van der Waals surface area contributed by atoms with Gasteiger partial charge in [0.1, 0.15) is 4.90 Å². The molecule has 0 spiro atoms. The van der Waals surface area contributed by atoms with Gasteiger partial charge in [-0.25, -0.2) is 5.26 Å². The Morgan fingerprint density at radius 1 is 0.547 bits per heavy atom. The zero-order valence-electron chi connectivity index (χ0n) is 36.5. The summed E-state index contributed by atoms with van der Waals surface area (Å²) < 4.78 is 41.1. The number of anilines is 8. The molecule has 0 radical (unpaired) electrons. The second kappa shape index (κ2) is 20.4. The van der Waals surface area contributed by atoms with Crippen molar-refractivity contribution in [1.82, 2.24) is 49.5 Å². The average Bonchev–Trinajstić information content (AvgIpc) is 3.28. The number of piperazine rings is 4. The molecule has 4 aliphatic rings. The van der Waals surface area contributed by atoms with Crippen LogP contribution in [-0.4, -0.2) is 201 Å². The summed E-state index contributed by atoms with van der Waals surface area (Å²) in [5, 5.41) is 19.5. The molecule has 0 amide bonds. The summed E-state index contributed by atoms with van der Waals surface area (Å²) in [6, 6.07) is 9.98. The summed E-state index contributed by atoms with van der Waals surface area (Å²) in [5.41, 5.74) is 1.77. The predicted molar refractivity (Wildman–Crippen MR) is 247 cm³/mol. The van der Waals surface area contributed by atoms with Crippen molar-refractivity contribution in [3.8, 4) is 0 Å². The first-order chi connectivity index (χ1) is 30.9. The molecular weight excluding hydrogens is 865 g/mol. The maximum atomic E-state index is 12.9. The van der Waals surface area contributed by atoms with E-state index in [-0.39, 0.29) is 16.4 Å². The molecule has 4 fully saturated rings. The fraction of sp³-hybridized carbons (Fsp3) is 0.500. The SMILES string of the molecule is CN1CCN(c2nc(Nc3ccc(/C=C/c4ccc(Nc5nc(N6CCN(C)CC6)nc(N6CCN(C)CC6)n5)cc4S(=O)(=O)O)c(SOOO)c3)nc(N3CCN(C)CC3)n2)CC1. The van der Waals surface area contributed by atoms with Crippen molar-refractivity contribution in [3.05, 3.63) is 47.5 Å². The van der Waals surface area contributed by atoms with Gasteiger partial charge in [-0.3, -0.25) is 4.55 Å². The third-order valence-corrected chi connectivity index (χ3v) is 13.4. The summed E-state index contributed by atoms with van der Waals surface area (Å²) in [5.74, 6) is 2.90. The molecule has 344 valence electrons. The van der Waals surface area contributed by atoms with Crippen molar-refractivity contribution in [2.75, 3.05) is 163 Å². The van der Waals surface area contributed by atoms with E-state index in [1.54, 1.807) is 36.4 Å². The molecule has 22 nitrogen and oxygen atoms in total. The number of aromatic nitrogens is 6. The molecule has 64 heavy (non-hydrogen) atoms. The van der Waals surface area contributed by atoms with Gasteiger partial charge in [-0.2, -0.15) is 38.3 Å². The van der Waals surface area contributed by atoms with Crippen LogP contribution in [0.15, 0.2) is 46.2 Å². The zero-order valence-corrected chi connectivity index (χ0v) is 38.2. The number of hydrogen-bond donors (Lipinski definition) is 4. The van der Waals surface area contributed by atoms with Crippen LogP contribution in [0.4, 0.5) is 47.1 Å². The van der Waals surface area contributed by atoms with E-state index in [0.717, 1.165) is 117 Å². The number of likely N-dealkylation sites (N-methyl/N-ethyl adjacent to an activating group) is 4. The van der Waals surface area contributed by atoms with Crippen LogP contribution in [0.3, 0.4) is 0 Å². The lowest BCUT2D eigenvalue weighted by molar-refractivity contribution is -0.432. The molecule has 4 aromatic rings. The van der Waals surface area contributed by atoms with Crippen LogP contribution < -0.4 is 30.2 Å². The lowest BCUT2D eigenvalue weighted by Crippen LogP contribution is -2.46. The average molecular weight is 921 g/mol. The van der Waals surface area contributed by atoms with E-state index in [4.69, 9.17) is 39.5 Å². The highest BCUT2D eigenvalue weighted by Gasteiger charge is 2.25. The highest BCUT2D eigenvalue weighted by Crippen LogP contribution is 2.32. The standard InChI is InChI=1S/C40H56N16O6S2/c1-49-11-19-53(20-12-49)37-43-35(44-38(47-37)54-21-13-50(2)14-22-54)41-31-9-7-29(33(27-31)63-62-61-57)5-6-30-8-10-32(28-34(30)64(58,59)60)42-36-45-39(55-23-15-51(3)16-24-55)48-40(46-36)56-25-17-52(4)18-26-56/h5-10,27-28,57H,11-26H2,1-4H3,(H,58,59,60)(H,41,43,44,47)(H,42,45,46,48)/b6-5+. The van der Waals surface area contributed by atoms with E-state index < -0.39 is 10.1 Å². The first-order valence-corrected chi connectivity index (χ1v) is 23.4. The van der Waals surface area contributed by atoms with Crippen molar-refractivity contribution in [2.24, 2.45) is 0 Å². The van der Waals surface area contributed by atoms with Crippen molar-refractivity contribution < 1.29 is 27.6 Å². The van der Waals surface area contributed by atoms with Crippen LogP contribution in [0, 0.1) is 0 Å². The second-order valence-electron chi connectivity index (χ2n) is 16.5. The van der Waals surface area contributed by atoms with E-state index in [9.17, 15) is 13.0 Å². The molecule has 6 heterocycles. The van der Waals surface area contributed by atoms with Crippen LogP contribution in [0.25, 0.3) is 12.2 Å². The van der Waals surface area contributed by atoms with Crippen LogP contribution in [0.1, 0.15) is 11.1 Å². The molecule has 0 aliphatic carbocycles. The van der Waals surface area contributed by atoms with Gasteiger partial charge in [-0.05, 0) is 63.6 Å². The fourth-order valence-electron chi connectivity index (χ4n) is 7.70. The topological polar surface area (TPSA) is 220 Å². The highest BCUT2D eigenvalue weighted by molar-refractivity contribution is 7.94. The smallest absolute Gasteiger partial charge is 0.295 e. The van der Waals surface area contributed by atoms with Crippen molar-refractivity contribution in [2.45, 2.75) is 9.79 Å².